The lowest BCUT2D eigenvalue weighted by molar-refractivity contribution is -0.385. The largest absolute Gasteiger partial charge is 0.278 e. The van der Waals surface area contributed by atoms with Crippen LogP contribution in [0, 0.1) is 17.0 Å². The number of benzene rings is 3. The first-order chi connectivity index (χ1) is 12.9. The number of para-hydroxylation sites is 1. The summed E-state index contributed by atoms with van der Waals surface area (Å²) in [5, 5.41) is 11.0. The molecule has 0 aliphatic rings. The number of anilines is 1. The highest BCUT2D eigenvalue weighted by Gasteiger charge is 2.21. The minimum atomic E-state index is -3.98. The second-order valence-corrected chi connectivity index (χ2v) is 8.49. The van der Waals surface area contributed by atoms with E-state index in [4.69, 9.17) is 0 Å². The average molecular weight is 400 g/mol. The molecule has 0 bridgehead atoms. The Morgan fingerprint density at radius 1 is 0.963 bits per heavy atom. The van der Waals surface area contributed by atoms with Gasteiger partial charge in [-0.05, 0) is 36.8 Å². The number of hydrogen-bond donors (Lipinski definition) is 1. The molecule has 0 heterocycles. The zero-order chi connectivity index (χ0) is 19.4. The van der Waals surface area contributed by atoms with Gasteiger partial charge in [-0.2, -0.15) is 0 Å². The molecule has 0 aromatic heterocycles. The molecular formula is C19H16N2O4S2. The normalized spacial score (nSPS) is 11.1. The Kier molecular flexibility index (Phi) is 5.48. The molecule has 0 atom stereocenters. The van der Waals surface area contributed by atoms with E-state index in [1.54, 1.807) is 19.1 Å². The standard InChI is InChI=1S/C19H16N2O4S2/c1-14-11-12-15(21(22)23)13-19(14)27(24,25)20-17-9-5-6-10-18(17)26-16-7-3-2-4-8-16/h2-13,20H,1H3. The molecule has 3 aromatic rings. The van der Waals surface area contributed by atoms with Gasteiger partial charge in [0, 0.05) is 21.9 Å². The third kappa shape index (κ3) is 4.47. The highest BCUT2D eigenvalue weighted by molar-refractivity contribution is 7.99. The molecule has 138 valence electrons. The summed E-state index contributed by atoms with van der Waals surface area (Å²) in [6.45, 7) is 1.60. The van der Waals surface area contributed by atoms with Crippen LogP contribution < -0.4 is 4.72 Å². The molecule has 3 rings (SSSR count). The van der Waals surface area contributed by atoms with Crippen LogP contribution in [-0.4, -0.2) is 13.3 Å². The number of nitrogens with zero attached hydrogens (tertiary/aromatic N) is 1. The maximum atomic E-state index is 12.9. The van der Waals surface area contributed by atoms with Crippen LogP contribution in [0.4, 0.5) is 11.4 Å². The van der Waals surface area contributed by atoms with E-state index in [0.717, 1.165) is 15.9 Å². The Bertz CT molecular complexity index is 1080. The molecule has 0 fully saturated rings. The van der Waals surface area contributed by atoms with Gasteiger partial charge in [0.15, 0.2) is 0 Å². The quantitative estimate of drug-likeness (QED) is 0.472. The minimum absolute atomic E-state index is 0.115. The Morgan fingerprint density at radius 3 is 2.33 bits per heavy atom. The van der Waals surface area contributed by atoms with E-state index in [1.807, 2.05) is 42.5 Å². The van der Waals surface area contributed by atoms with Crippen LogP contribution >= 0.6 is 11.8 Å². The first-order valence-electron chi connectivity index (χ1n) is 7.96. The SMILES string of the molecule is Cc1ccc([N+](=O)[O-])cc1S(=O)(=O)Nc1ccccc1Sc1ccccc1. The van der Waals surface area contributed by atoms with Gasteiger partial charge in [0.25, 0.3) is 15.7 Å². The van der Waals surface area contributed by atoms with Crippen molar-refractivity contribution in [3.05, 3.63) is 88.5 Å². The molecule has 0 amide bonds. The number of nitro benzene ring substituents is 1. The topological polar surface area (TPSA) is 89.3 Å². The van der Waals surface area contributed by atoms with Gasteiger partial charge in [-0.25, -0.2) is 8.42 Å². The van der Waals surface area contributed by atoms with Crippen LogP contribution in [0.25, 0.3) is 0 Å². The summed E-state index contributed by atoms with van der Waals surface area (Å²) < 4.78 is 28.3. The molecule has 1 N–H and O–H groups in total. The molecule has 6 nitrogen and oxygen atoms in total. The summed E-state index contributed by atoms with van der Waals surface area (Å²) in [5.74, 6) is 0. The Labute approximate surface area is 161 Å². The van der Waals surface area contributed by atoms with Crippen LogP contribution in [0.2, 0.25) is 0 Å². The zero-order valence-electron chi connectivity index (χ0n) is 14.3. The molecule has 0 radical (unpaired) electrons. The van der Waals surface area contributed by atoms with E-state index in [0.29, 0.717) is 11.3 Å². The fraction of sp³-hybridized carbons (Fsp3) is 0.0526. The van der Waals surface area contributed by atoms with Crippen LogP contribution in [-0.2, 0) is 10.0 Å². The second-order valence-electron chi connectivity index (χ2n) is 5.72. The first kappa shape index (κ1) is 18.9. The van der Waals surface area contributed by atoms with Crippen molar-refractivity contribution in [1.29, 1.82) is 0 Å². The predicted molar refractivity (Wildman–Crippen MR) is 106 cm³/mol. The lowest BCUT2D eigenvalue weighted by Gasteiger charge is -2.13. The molecular weight excluding hydrogens is 384 g/mol. The summed E-state index contributed by atoms with van der Waals surface area (Å²) in [6.07, 6.45) is 0. The second kappa shape index (κ2) is 7.81. The van der Waals surface area contributed by atoms with Gasteiger partial charge < -0.3 is 0 Å². The fourth-order valence-corrected chi connectivity index (χ4v) is 4.78. The van der Waals surface area contributed by atoms with Gasteiger partial charge >= 0.3 is 0 Å². The highest BCUT2D eigenvalue weighted by atomic mass is 32.2. The van der Waals surface area contributed by atoms with Crippen LogP contribution in [0.3, 0.4) is 0 Å². The van der Waals surface area contributed by atoms with Gasteiger partial charge in [-0.15, -0.1) is 0 Å². The number of nitro groups is 1. The zero-order valence-corrected chi connectivity index (χ0v) is 16.0. The molecule has 0 spiro atoms. The monoisotopic (exact) mass is 400 g/mol. The average Bonchev–Trinajstić information content (AvgIpc) is 2.64. The minimum Gasteiger partial charge on any atom is -0.278 e. The summed E-state index contributed by atoms with van der Waals surface area (Å²) in [5.41, 5.74) is 0.575. The van der Waals surface area contributed by atoms with Crippen molar-refractivity contribution in [2.45, 2.75) is 21.6 Å². The van der Waals surface area contributed by atoms with Gasteiger partial charge in [0.1, 0.15) is 0 Å². The Balaban J connectivity index is 1.96. The first-order valence-corrected chi connectivity index (χ1v) is 10.3. The van der Waals surface area contributed by atoms with Crippen molar-refractivity contribution in [3.8, 4) is 0 Å². The Hall–Kier alpha value is -2.84. The van der Waals surface area contributed by atoms with Gasteiger partial charge in [0.05, 0.1) is 15.5 Å². The third-order valence-corrected chi connectivity index (χ3v) is 6.37. The van der Waals surface area contributed by atoms with E-state index in [-0.39, 0.29) is 10.6 Å². The lowest BCUT2D eigenvalue weighted by atomic mass is 10.2. The van der Waals surface area contributed by atoms with Crippen molar-refractivity contribution in [3.63, 3.8) is 0 Å². The molecule has 0 saturated carbocycles. The van der Waals surface area contributed by atoms with Crippen molar-refractivity contribution >= 4 is 33.2 Å². The molecule has 0 saturated heterocycles. The van der Waals surface area contributed by atoms with E-state index in [2.05, 4.69) is 4.72 Å². The van der Waals surface area contributed by atoms with Gasteiger partial charge in [-0.1, -0.05) is 48.2 Å². The molecule has 3 aromatic carbocycles. The van der Waals surface area contributed by atoms with E-state index in [9.17, 15) is 18.5 Å². The summed E-state index contributed by atoms with van der Waals surface area (Å²) in [7, 11) is -3.98. The molecule has 27 heavy (non-hydrogen) atoms. The molecule has 0 aliphatic heterocycles. The number of sulfonamides is 1. The van der Waals surface area contributed by atoms with E-state index in [1.165, 1.54) is 23.9 Å². The maximum Gasteiger partial charge on any atom is 0.270 e. The van der Waals surface area contributed by atoms with Crippen molar-refractivity contribution < 1.29 is 13.3 Å². The van der Waals surface area contributed by atoms with Gasteiger partial charge in [0.2, 0.25) is 0 Å². The lowest BCUT2D eigenvalue weighted by Crippen LogP contribution is -2.15. The Morgan fingerprint density at radius 2 is 1.63 bits per heavy atom. The van der Waals surface area contributed by atoms with Crippen molar-refractivity contribution in [1.82, 2.24) is 0 Å². The van der Waals surface area contributed by atoms with E-state index >= 15 is 0 Å². The predicted octanol–water partition coefficient (Wildman–Crippen LogP) is 4.86. The number of non-ortho nitro benzene ring substituents is 1. The summed E-state index contributed by atoms with van der Waals surface area (Å²) >= 11 is 1.43. The smallest absolute Gasteiger partial charge is 0.270 e. The third-order valence-electron chi connectivity index (χ3n) is 3.77. The number of rotatable bonds is 6. The van der Waals surface area contributed by atoms with Crippen LogP contribution in [0.1, 0.15) is 5.56 Å². The van der Waals surface area contributed by atoms with Crippen molar-refractivity contribution in [2.75, 3.05) is 4.72 Å². The molecule has 8 heteroatoms. The molecule has 0 aliphatic carbocycles. The van der Waals surface area contributed by atoms with Gasteiger partial charge in [-0.3, -0.25) is 14.8 Å². The van der Waals surface area contributed by atoms with Crippen LogP contribution in [0.15, 0.2) is 87.5 Å². The van der Waals surface area contributed by atoms with Crippen molar-refractivity contribution in [2.24, 2.45) is 0 Å². The number of hydrogen-bond acceptors (Lipinski definition) is 5. The number of aryl methyl sites for hydroxylation is 1. The number of nitrogens with one attached hydrogen (secondary N) is 1. The summed E-state index contributed by atoms with van der Waals surface area (Å²) in [4.78, 5) is 12.0. The molecule has 0 unspecified atom stereocenters. The van der Waals surface area contributed by atoms with Crippen LogP contribution in [0.5, 0.6) is 0 Å². The highest BCUT2D eigenvalue weighted by Crippen LogP contribution is 2.34. The summed E-state index contributed by atoms with van der Waals surface area (Å²) in [6, 6.07) is 20.4. The fourth-order valence-electron chi connectivity index (χ4n) is 2.45. The maximum absolute atomic E-state index is 12.9. The van der Waals surface area contributed by atoms with E-state index < -0.39 is 14.9 Å².